The first-order valence-corrected chi connectivity index (χ1v) is 7.63. The zero-order valence-corrected chi connectivity index (χ0v) is 12.2. The molecule has 2 rings (SSSR count). The van der Waals surface area contributed by atoms with Crippen LogP contribution >= 0.6 is 27.7 Å². The van der Waals surface area contributed by atoms with Crippen molar-refractivity contribution in [2.75, 3.05) is 6.54 Å². The van der Waals surface area contributed by atoms with Gasteiger partial charge in [-0.05, 0) is 36.7 Å². The minimum Gasteiger partial charge on any atom is -0.309 e. The largest absolute Gasteiger partial charge is 0.309 e. The summed E-state index contributed by atoms with van der Waals surface area (Å²) in [6.45, 7) is 5.49. The van der Waals surface area contributed by atoms with E-state index in [0.717, 1.165) is 6.54 Å². The van der Waals surface area contributed by atoms with E-state index in [0.29, 0.717) is 11.3 Å². The van der Waals surface area contributed by atoms with Crippen LogP contribution in [0.25, 0.3) is 0 Å². The molecule has 0 saturated carbocycles. The lowest BCUT2D eigenvalue weighted by atomic mass is 10.0. The summed E-state index contributed by atoms with van der Waals surface area (Å²) >= 11 is 5.60. The fourth-order valence-corrected chi connectivity index (χ4v) is 4.18. The predicted octanol–water partition coefficient (Wildman–Crippen LogP) is 4.37. The van der Waals surface area contributed by atoms with Crippen LogP contribution in [-0.2, 0) is 0 Å². The van der Waals surface area contributed by atoms with Gasteiger partial charge in [-0.2, -0.15) is 0 Å². The Morgan fingerprint density at radius 2 is 2.19 bits per heavy atom. The maximum absolute atomic E-state index is 3.62. The quantitative estimate of drug-likeness (QED) is 0.886. The molecule has 0 amide bonds. The van der Waals surface area contributed by atoms with E-state index in [1.54, 1.807) is 0 Å². The summed E-state index contributed by atoms with van der Waals surface area (Å²) in [6, 6.07) is 7.18. The van der Waals surface area contributed by atoms with E-state index in [1.807, 2.05) is 11.8 Å². The van der Waals surface area contributed by atoms with Crippen molar-refractivity contribution >= 4 is 27.7 Å². The topological polar surface area (TPSA) is 12.0 Å². The Morgan fingerprint density at radius 1 is 1.38 bits per heavy atom. The molecule has 0 aliphatic carbocycles. The Labute approximate surface area is 111 Å². The van der Waals surface area contributed by atoms with Crippen molar-refractivity contribution in [2.24, 2.45) is 0 Å². The van der Waals surface area contributed by atoms with Gasteiger partial charge in [0, 0.05) is 20.7 Å². The second kappa shape index (κ2) is 5.56. The zero-order valence-electron chi connectivity index (χ0n) is 9.79. The normalized spacial score (nSPS) is 23.4. The summed E-state index contributed by atoms with van der Waals surface area (Å²) in [5, 5.41) is 4.32. The highest BCUT2D eigenvalue weighted by Gasteiger charge is 2.31. The average molecular weight is 300 g/mol. The second-order valence-corrected chi connectivity index (χ2v) is 6.36. The van der Waals surface area contributed by atoms with Crippen molar-refractivity contribution in [1.29, 1.82) is 0 Å². The molecule has 0 fully saturated rings. The first-order chi connectivity index (χ1) is 7.76. The molecule has 0 aromatic heterocycles. The highest BCUT2D eigenvalue weighted by atomic mass is 79.9. The van der Waals surface area contributed by atoms with Crippen LogP contribution in [-0.4, -0.2) is 11.8 Å². The van der Waals surface area contributed by atoms with Gasteiger partial charge in [0.1, 0.15) is 0 Å². The predicted molar refractivity (Wildman–Crippen MR) is 75.1 cm³/mol. The number of fused-ring (bicyclic) bond motifs is 1. The maximum Gasteiger partial charge on any atom is 0.0455 e. The maximum atomic E-state index is 3.62. The summed E-state index contributed by atoms with van der Waals surface area (Å²) in [5.41, 5.74) is 1.47. The van der Waals surface area contributed by atoms with E-state index in [2.05, 4.69) is 53.3 Å². The van der Waals surface area contributed by atoms with Crippen molar-refractivity contribution in [3.63, 3.8) is 0 Å². The molecule has 3 heteroatoms. The van der Waals surface area contributed by atoms with Crippen LogP contribution in [0.3, 0.4) is 0 Å². The molecule has 0 radical (unpaired) electrons. The van der Waals surface area contributed by atoms with Gasteiger partial charge < -0.3 is 5.32 Å². The van der Waals surface area contributed by atoms with E-state index in [4.69, 9.17) is 0 Å². The van der Waals surface area contributed by atoms with E-state index in [9.17, 15) is 0 Å². The van der Waals surface area contributed by atoms with Gasteiger partial charge in [-0.15, -0.1) is 11.8 Å². The summed E-state index contributed by atoms with van der Waals surface area (Å²) in [4.78, 5) is 1.45. The minimum absolute atomic E-state index is 0.530. The first-order valence-electron chi connectivity index (χ1n) is 5.95. The van der Waals surface area contributed by atoms with E-state index < -0.39 is 0 Å². The molecule has 1 aromatic carbocycles. The molecular formula is C13H18BrNS. The van der Waals surface area contributed by atoms with Gasteiger partial charge in [0.05, 0.1) is 0 Å². The highest BCUT2D eigenvalue weighted by Crippen LogP contribution is 2.46. The number of hydrogen-bond donors (Lipinski definition) is 1. The Balaban J connectivity index is 2.26. The fourth-order valence-electron chi connectivity index (χ4n) is 2.27. The summed E-state index contributed by atoms with van der Waals surface area (Å²) in [6.07, 6.45) is 2.54. The van der Waals surface area contributed by atoms with E-state index >= 15 is 0 Å². The third-order valence-electron chi connectivity index (χ3n) is 2.95. The van der Waals surface area contributed by atoms with E-state index in [1.165, 1.54) is 27.8 Å². The Hall–Kier alpha value is 0.01000. The number of benzene rings is 1. The van der Waals surface area contributed by atoms with E-state index in [-0.39, 0.29) is 0 Å². The summed E-state index contributed by atoms with van der Waals surface area (Å²) in [5.74, 6) is 0. The molecule has 1 aliphatic rings. The molecule has 1 N–H and O–H groups in total. The third-order valence-corrected chi connectivity index (χ3v) is 4.88. The van der Waals surface area contributed by atoms with Crippen molar-refractivity contribution in [1.82, 2.24) is 5.32 Å². The molecule has 0 spiro atoms. The molecular weight excluding hydrogens is 282 g/mol. The van der Waals surface area contributed by atoms with Gasteiger partial charge in [-0.1, -0.05) is 36.2 Å². The molecule has 2 atom stereocenters. The Kier molecular flexibility index (Phi) is 4.34. The number of rotatable bonds is 4. The van der Waals surface area contributed by atoms with Crippen molar-refractivity contribution in [2.45, 2.75) is 42.9 Å². The van der Waals surface area contributed by atoms with Gasteiger partial charge in [0.2, 0.25) is 0 Å². The van der Waals surface area contributed by atoms with Crippen LogP contribution in [0.1, 0.15) is 38.3 Å². The second-order valence-electron chi connectivity index (χ2n) is 4.16. The van der Waals surface area contributed by atoms with Gasteiger partial charge in [0.15, 0.2) is 0 Å². The van der Waals surface area contributed by atoms with Crippen LogP contribution in [0, 0.1) is 0 Å². The lowest BCUT2D eigenvalue weighted by Crippen LogP contribution is -2.26. The van der Waals surface area contributed by atoms with Crippen LogP contribution in [0.15, 0.2) is 27.6 Å². The average Bonchev–Trinajstić information content (AvgIpc) is 2.58. The van der Waals surface area contributed by atoms with Gasteiger partial charge >= 0.3 is 0 Å². The van der Waals surface area contributed by atoms with Crippen LogP contribution in [0.5, 0.6) is 0 Å². The van der Waals surface area contributed by atoms with Crippen LogP contribution in [0.4, 0.5) is 0 Å². The van der Waals surface area contributed by atoms with Gasteiger partial charge in [-0.3, -0.25) is 0 Å². The molecule has 1 aliphatic heterocycles. The molecule has 1 aromatic rings. The molecule has 2 unspecified atom stereocenters. The molecule has 88 valence electrons. The minimum atomic E-state index is 0.530. The first kappa shape index (κ1) is 12.5. The number of nitrogens with one attached hydrogen (secondary N) is 1. The smallest absolute Gasteiger partial charge is 0.0455 e. The standard InChI is InChI=1S/C13H18BrNS/c1-3-5-12-13(15-4-2)10-8-9(14)6-7-11(10)16-12/h6-8,12-13,15H,3-5H2,1-2H3. The molecule has 1 nitrogen and oxygen atoms in total. The Morgan fingerprint density at radius 3 is 2.88 bits per heavy atom. The van der Waals surface area contributed by atoms with Crippen molar-refractivity contribution < 1.29 is 0 Å². The van der Waals surface area contributed by atoms with Crippen LogP contribution in [0.2, 0.25) is 0 Å². The Bertz CT molecular complexity index is 367. The number of halogens is 1. The van der Waals surface area contributed by atoms with Gasteiger partial charge in [0.25, 0.3) is 0 Å². The van der Waals surface area contributed by atoms with Crippen molar-refractivity contribution in [3.8, 4) is 0 Å². The van der Waals surface area contributed by atoms with Crippen LogP contribution < -0.4 is 5.32 Å². The monoisotopic (exact) mass is 299 g/mol. The summed E-state index contributed by atoms with van der Waals surface area (Å²) < 4.78 is 1.19. The lowest BCUT2D eigenvalue weighted by Gasteiger charge is -2.19. The zero-order chi connectivity index (χ0) is 11.5. The SMILES string of the molecule is CCCC1Sc2ccc(Br)cc2C1NCC. The third kappa shape index (κ3) is 2.47. The molecule has 16 heavy (non-hydrogen) atoms. The highest BCUT2D eigenvalue weighted by molar-refractivity contribution is 9.10. The summed E-state index contributed by atoms with van der Waals surface area (Å²) in [7, 11) is 0. The number of thioether (sulfide) groups is 1. The molecule has 0 bridgehead atoms. The van der Waals surface area contributed by atoms with Crippen molar-refractivity contribution in [3.05, 3.63) is 28.2 Å². The molecule has 1 heterocycles. The molecule has 0 saturated heterocycles. The fraction of sp³-hybridized carbons (Fsp3) is 0.538. The number of hydrogen-bond acceptors (Lipinski definition) is 2. The van der Waals surface area contributed by atoms with Gasteiger partial charge in [-0.25, -0.2) is 0 Å². The lowest BCUT2D eigenvalue weighted by molar-refractivity contribution is 0.513.